The number of nitrogens with zero attached hydrogens (tertiary/aromatic N) is 1. The molecule has 1 aromatic heterocycles. The number of ether oxygens (including phenoxy) is 1. The third-order valence-corrected chi connectivity index (χ3v) is 8.95. The Balaban J connectivity index is 2.77. The van der Waals surface area contributed by atoms with Crippen molar-refractivity contribution >= 4 is 14.3 Å². The van der Waals surface area contributed by atoms with Gasteiger partial charge in [0.1, 0.15) is 5.69 Å². The van der Waals surface area contributed by atoms with Crippen LogP contribution in [0.1, 0.15) is 50.6 Å². The summed E-state index contributed by atoms with van der Waals surface area (Å²) < 4.78 is 10.8. The van der Waals surface area contributed by atoms with Crippen LogP contribution in [0.2, 0.25) is 18.1 Å². The number of rotatable bonds is 5. The van der Waals surface area contributed by atoms with E-state index in [4.69, 9.17) is 4.43 Å². The average molecular weight is 348 g/mol. The van der Waals surface area contributed by atoms with Gasteiger partial charge >= 0.3 is 5.97 Å². The van der Waals surface area contributed by atoms with Gasteiger partial charge in [-0.15, -0.1) is 0 Å². The van der Waals surface area contributed by atoms with Crippen LogP contribution in [-0.2, 0) is 20.6 Å². The summed E-state index contributed by atoms with van der Waals surface area (Å²) in [6.07, 6.45) is 0.773. The summed E-state index contributed by atoms with van der Waals surface area (Å²) in [6, 6.07) is 3.91. The Morgan fingerprint density at radius 1 is 1.29 bits per heavy atom. The van der Waals surface area contributed by atoms with Crippen molar-refractivity contribution in [2.45, 2.75) is 65.3 Å². The number of carbonyl (C=O) groups is 1. The van der Waals surface area contributed by atoms with Gasteiger partial charge < -0.3 is 9.16 Å². The van der Waals surface area contributed by atoms with E-state index in [0.29, 0.717) is 25.1 Å². The summed E-state index contributed by atoms with van der Waals surface area (Å²) in [7, 11) is -0.423. The largest absolute Gasteiger partial charge is 0.469 e. The maximum atomic E-state index is 11.1. The molecule has 4 nitrogen and oxygen atoms in total. The van der Waals surface area contributed by atoms with Gasteiger partial charge in [-0.05, 0) is 42.6 Å². The summed E-state index contributed by atoms with van der Waals surface area (Å²) in [5.74, 6) is 5.73. The lowest BCUT2D eigenvalue weighted by Crippen LogP contribution is -2.40. The van der Waals surface area contributed by atoms with Crippen LogP contribution in [0.25, 0.3) is 0 Å². The molecule has 0 aliphatic rings. The molecule has 132 valence electrons. The molecule has 24 heavy (non-hydrogen) atoms. The normalized spacial score (nSPS) is 11.6. The molecular weight excluding hydrogens is 318 g/mol. The van der Waals surface area contributed by atoms with Gasteiger partial charge in [0.05, 0.1) is 25.8 Å². The van der Waals surface area contributed by atoms with Gasteiger partial charge in [-0.1, -0.05) is 32.8 Å². The molecule has 1 rings (SSSR count). The van der Waals surface area contributed by atoms with Crippen molar-refractivity contribution in [3.63, 3.8) is 0 Å². The molecule has 0 saturated heterocycles. The highest BCUT2D eigenvalue weighted by molar-refractivity contribution is 6.74. The topological polar surface area (TPSA) is 48.4 Å². The van der Waals surface area contributed by atoms with Crippen LogP contribution in [0.5, 0.6) is 0 Å². The zero-order valence-electron chi connectivity index (χ0n) is 15.9. The molecular formula is C19H29NO3Si. The van der Waals surface area contributed by atoms with E-state index < -0.39 is 8.32 Å². The van der Waals surface area contributed by atoms with Crippen LogP contribution in [0.15, 0.2) is 12.1 Å². The van der Waals surface area contributed by atoms with Crippen LogP contribution < -0.4 is 0 Å². The highest BCUT2D eigenvalue weighted by atomic mass is 28.4. The monoisotopic (exact) mass is 347 g/mol. The Hall–Kier alpha value is -1.64. The number of hydrogen-bond acceptors (Lipinski definition) is 4. The Bertz CT molecular complexity index is 636. The van der Waals surface area contributed by atoms with Crippen LogP contribution in [0, 0.1) is 18.8 Å². The summed E-state index contributed by atoms with van der Waals surface area (Å²) >= 11 is 0. The van der Waals surface area contributed by atoms with Gasteiger partial charge in [-0.25, -0.2) is 4.98 Å². The molecule has 1 aromatic rings. The minimum Gasteiger partial charge on any atom is -0.469 e. The zero-order valence-corrected chi connectivity index (χ0v) is 16.9. The van der Waals surface area contributed by atoms with E-state index in [9.17, 15) is 4.79 Å². The third-order valence-electron chi connectivity index (χ3n) is 4.48. The molecule has 0 bridgehead atoms. The molecule has 0 atom stereocenters. The minimum absolute atomic E-state index is 0.173. The number of esters is 1. The maximum Gasteiger partial charge on any atom is 0.306 e. The van der Waals surface area contributed by atoms with Gasteiger partial charge in [-0.3, -0.25) is 4.79 Å². The van der Waals surface area contributed by atoms with E-state index in [1.165, 1.54) is 7.11 Å². The van der Waals surface area contributed by atoms with Crippen molar-refractivity contribution in [1.29, 1.82) is 0 Å². The predicted molar refractivity (Wildman–Crippen MR) is 99.1 cm³/mol. The fourth-order valence-corrected chi connectivity index (χ4v) is 2.60. The molecule has 0 amide bonds. The SMILES string of the molecule is COC(=O)CCC#Cc1ccc(C)c(CO[Si](C)(C)C(C)(C)C)n1. The molecule has 0 aromatic carbocycles. The minimum atomic E-state index is -1.80. The summed E-state index contributed by atoms with van der Waals surface area (Å²) in [5, 5.41) is 0.173. The number of methoxy groups -OCH3 is 1. The number of pyridine rings is 1. The highest BCUT2D eigenvalue weighted by Gasteiger charge is 2.37. The second-order valence-electron chi connectivity index (χ2n) is 7.39. The molecule has 0 aliphatic carbocycles. The molecule has 0 radical (unpaired) electrons. The quantitative estimate of drug-likeness (QED) is 0.455. The van der Waals surface area contributed by atoms with Gasteiger partial charge in [0.2, 0.25) is 0 Å². The number of hydrogen-bond donors (Lipinski definition) is 0. The first-order chi connectivity index (χ1) is 11.1. The van der Waals surface area contributed by atoms with Gasteiger partial charge in [0.15, 0.2) is 8.32 Å². The standard InChI is InChI=1S/C19H29NO3Si/c1-15-12-13-16(10-8-9-11-18(21)22-5)20-17(15)14-23-24(6,7)19(2,3)4/h12-13H,9,11,14H2,1-7H3. The molecule has 0 unspecified atom stereocenters. The van der Waals surface area contributed by atoms with Crippen LogP contribution >= 0.6 is 0 Å². The smallest absolute Gasteiger partial charge is 0.306 e. The molecule has 0 fully saturated rings. The molecule has 0 spiro atoms. The molecule has 0 N–H and O–H groups in total. The second kappa shape index (κ2) is 8.45. The van der Waals surface area contributed by atoms with Crippen molar-refractivity contribution < 1.29 is 14.0 Å². The zero-order chi connectivity index (χ0) is 18.4. The number of aromatic nitrogens is 1. The van der Waals surface area contributed by atoms with Crippen LogP contribution in [0.4, 0.5) is 0 Å². The van der Waals surface area contributed by atoms with Crippen molar-refractivity contribution in [1.82, 2.24) is 4.98 Å². The van der Waals surface area contributed by atoms with Gasteiger partial charge in [-0.2, -0.15) is 0 Å². The fraction of sp³-hybridized carbons (Fsp3) is 0.579. The van der Waals surface area contributed by atoms with Crippen molar-refractivity contribution in [3.05, 3.63) is 29.1 Å². The van der Waals surface area contributed by atoms with Crippen LogP contribution in [-0.4, -0.2) is 26.4 Å². The Morgan fingerprint density at radius 3 is 2.54 bits per heavy atom. The first-order valence-corrected chi connectivity index (χ1v) is 11.1. The van der Waals surface area contributed by atoms with E-state index in [2.05, 4.69) is 55.4 Å². The summed E-state index contributed by atoms with van der Waals surface area (Å²) in [5.41, 5.74) is 2.74. The Morgan fingerprint density at radius 2 is 1.96 bits per heavy atom. The predicted octanol–water partition coefficient (Wildman–Crippen LogP) is 4.22. The first kappa shape index (κ1) is 20.4. The van der Waals surface area contributed by atoms with Gasteiger partial charge in [0.25, 0.3) is 0 Å². The van der Waals surface area contributed by atoms with E-state index in [-0.39, 0.29) is 11.0 Å². The third kappa shape index (κ3) is 6.10. The maximum absolute atomic E-state index is 11.1. The van der Waals surface area contributed by atoms with E-state index in [0.717, 1.165) is 11.3 Å². The number of carbonyl (C=O) groups excluding carboxylic acids is 1. The van der Waals surface area contributed by atoms with E-state index in [1.54, 1.807) is 0 Å². The Kier molecular flexibility index (Phi) is 7.19. The summed E-state index contributed by atoms with van der Waals surface area (Å²) in [6.45, 7) is 13.7. The average Bonchev–Trinajstić information content (AvgIpc) is 2.50. The molecule has 0 saturated carbocycles. The van der Waals surface area contributed by atoms with E-state index in [1.807, 2.05) is 19.1 Å². The van der Waals surface area contributed by atoms with E-state index >= 15 is 0 Å². The number of aryl methyl sites for hydroxylation is 1. The first-order valence-electron chi connectivity index (χ1n) is 8.23. The molecule has 5 heteroatoms. The van der Waals surface area contributed by atoms with Crippen molar-refractivity contribution in [2.75, 3.05) is 7.11 Å². The lowest BCUT2D eigenvalue weighted by atomic mass is 10.2. The summed E-state index contributed by atoms with van der Waals surface area (Å²) in [4.78, 5) is 15.7. The van der Waals surface area contributed by atoms with Crippen LogP contribution in [0.3, 0.4) is 0 Å². The Labute approximate surface area is 147 Å². The van der Waals surface area contributed by atoms with Gasteiger partial charge in [0, 0.05) is 6.42 Å². The van der Waals surface area contributed by atoms with Crippen molar-refractivity contribution in [3.8, 4) is 11.8 Å². The molecule has 1 heterocycles. The lowest BCUT2D eigenvalue weighted by Gasteiger charge is -2.36. The highest BCUT2D eigenvalue weighted by Crippen LogP contribution is 2.37. The lowest BCUT2D eigenvalue weighted by molar-refractivity contribution is -0.140. The molecule has 0 aliphatic heterocycles. The second-order valence-corrected chi connectivity index (χ2v) is 12.2. The van der Waals surface area contributed by atoms with Crippen molar-refractivity contribution in [2.24, 2.45) is 0 Å². The fourth-order valence-electron chi connectivity index (χ4n) is 1.67.